The maximum atomic E-state index is 12.5. The lowest BCUT2D eigenvalue weighted by Crippen LogP contribution is -2.43. The SMILES string of the molecule is CC1(C)CCCN1S(=O)(=O)Cc1ccccc1C#N. The van der Waals surface area contributed by atoms with Crippen molar-refractivity contribution >= 4 is 10.0 Å². The fourth-order valence-electron chi connectivity index (χ4n) is 2.63. The molecule has 5 heteroatoms. The number of nitriles is 1. The first-order chi connectivity index (χ1) is 8.87. The van der Waals surface area contributed by atoms with Gasteiger partial charge in [-0.15, -0.1) is 0 Å². The smallest absolute Gasteiger partial charge is 0.212 e. The molecule has 0 atom stereocenters. The normalized spacial score (nSPS) is 19.2. The lowest BCUT2D eigenvalue weighted by atomic mass is 10.0. The van der Waals surface area contributed by atoms with E-state index in [0.717, 1.165) is 12.8 Å². The van der Waals surface area contributed by atoms with Crippen LogP contribution in [0.1, 0.15) is 37.8 Å². The van der Waals surface area contributed by atoms with Crippen molar-refractivity contribution in [3.05, 3.63) is 35.4 Å². The van der Waals surface area contributed by atoms with Crippen LogP contribution in [0.2, 0.25) is 0 Å². The van der Waals surface area contributed by atoms with Crippen molar-refractivity contribution in [1.29, 1.82) is 5.26 Å². The van der Waals surface area contributed by atoms with Crippen LogP contribution < -0.4 is 0 Å². The minimum atomic E-state index is -3.37. The predicted molar refractivity (Wildman–Crippen MR) is 73.8 cm³/mol. The molecule has 0 radical (unpaired) electrons. The molecule has 0 aliphatic carbocycles. The number of rotatable bonds is 3. The van der Waals surface area contributed by atoms with Gasteiger partial charge >= 0.3 is 0 Å². The predicted octanol–water partition coefficient (Wildman–Crippen LogP) is 2.26. The molecule has 0 unspecified atom stereocenters. The fraction of sp³-hybridized carbons (Fsp3) is 0.500. The van der Waals surface area contributed by atoms with E-state index >= 15 is 0 Å². The molecule has 1 aromatic carbocycles. The molecule has 19 heavy (non-hydrogen) atoms. The molecule has 4 nitrogen and oxygen atoms in total. The van der Waals surface area contributed by atoms with E-state index < -0.39 is 10.0 Å². The molecule has 0 spiro atoms. The van der Waals surface area contributed by atoms with Crippen molar-refractivity contribution in [2.45, 2.75) is 38.0 Å². The van der Waals surface area contributed by atoms with Crippen molar-refractivity contribution in [1.82, 2.24) is 4.31 Å². The van der Waals surface area contributed by atoms with Gasteiger partial charge in [0.05, 0.1) is 17.4 Å². The summed E-state index contributed by atoms with van der Waals surface area (Å²) in [6, 6.07) is 8.92. The second-order valence-electron chi connectivity index (χ2n) is 5.51. The quantitative estimate of drug-likeness (QED) is 0.852. The van der Waals surface area contributed by atoms with E-state index in [1.807, 2.05) is 19.9 Å². The Labute approximate surface area is 114 Å². The summed E-state index contributed by atoms with van der Waals surface area (Å²) in [5.74, 6) is -0.0971. The van der Waals surface area contributed by atoms with E-state index in [0.29, 0.717) is 17.7 Å². The molecule has 1 aliphatic rings. The van der Waals surface area contributed by atoms with Crippen LogP contribution in [0.3, 0.4) is 0 Å². The van der Waals surface area contributed by atoms with Gasteiger partial charge in [-0.2, -0.15) is 9.57 Å². The summed E-state index contributed by atoms with van der Waals surface area (Å²) in [6.07, 6.45) is 1.78. The van der Waals surface area contributed by atoms with E-state index in [1.165, 1.54) is 0 Å². The van der Waals surface area contributed by atoms with Crippen LogP contribution >= 0.6 is 0 Å². The highest BCUT2D eigenvalue weighted by Gasteiger charge is 2.40. The second kappa shape index (κ2) is 4.95. The molecule has 102 valence electrons. The molecule has 0 amide bonds. The van der Waals surface area contributed by atoms with Gasteiger partial charge in [0.15, 0.2) is 0 Å². The van der Waals surface area contributed by atoms with Crippen molar-refractivity contribution in [3.63, 3.8) is 0 Å². The standard InChI is InChI=1S/C14H18N2O2S/c1-14(2)8-5-9-16(14)19(17,18)11-13-7-4-3-6-12(13)10-15/h3-4,6-7H,5,8-9,11H2,1-2H3. The molecule has 0 N–H and O–H groups in total. The van der Waals surface area contributed by atoms with E-state index in [2.05, 4.69) is 0 Å². The molecule has 1 aromatic rings. The molecular formula is C14H18N2O2S. The van der Waals surface area contributed by atoms with Crippen molar-refractivity contribution in [3.8, 4) is 6.07 Å². The van der Waals surface area contributed by atoms with Gasteiger partial charge in [-0.25, -0.2) is 8.42 Å². The zero-order valence-corrected chi connectivity index (χ0v) is 12.1. The zero-order chi connectivity index (χ0) is 14.1. The van der Waals surface area contributed by atoms with Crippen LogP contribution in [-0.2, 0) is 15.8 Å². The number of sulfonamides is 1. The van der Waals surface area contributed by atoms with Crippen molar-refractivity contribution in [2.75, 3.05) is 6.54 Å². The minimum Gasteiger partial charge on any atom is -0.212 e. The Morgan fingerprint density at radius 1 is 1.37 bits per heavy atom. The summed E-state index contributed by atoms with van der Waals surface area (Å²) < 4.78 is 26.6. The maximum Gasteiger partial charge on any atom is 0.218 e. The molecule has 2 rings (SSSR count). The lowest BCUT2D eigenvalue weighted by Gasteiger charge is -2.30. The molecule has 1 saturated heterocycles. The zero-order valence-electron chi connectivity index (χ0n) is 11.3. The highest BCUT2D eigenvalue weighted by atomic mass is 32.2. The summed E-state index contributed by atoms with van der Waals surface area (Å²) in [7, 11) is -3.37. The maximum absolute atomic E-state index is 12.5. The highest BCUT2D eigenvalue weighted by Crippen LogP contribution is 2.32. The minimum absolute atomic E-state index is 0.0971. The Morgan fingerprint density at radius 2 is 2.05 bits per heavy atom. The Morgan fingerprint density at radius 3 is 2.63 bits per heavy atom. The fourth-order valence-corrected chi connectivity index (χ4v) is 4.68. The van der Waals surface area contributed by atoms with Crippen LogP contribution in [0.4, 0.5) is 0 Å². The van der Waals surface area contributed by atoms with Gasteiger partial charge in [0.2, 0.25) is 10.0 Å². The molecule has 0 bridgehead atoms. The molecule has 0 saturated carbocycles. The van der Waals surface area contributed by atoms with Gasteiger partial charge in [0.1, 0.15) is 0 Å². The van der Waals surface area contributed by atoms with Gasteiger partial charge in [-0.1, -0.05) is 18.2 Å². The number of hydrogen-bond donors (Lipinski definition) is 0. The van der Waals surface area contributed by atoms with Crippen molar-refractivity contribution in [2.24, 2.45) is 0 Å². The van der Waals surface area contributed by atoms with Gasteiger partial charge in [0, 0.05) is 12.1 Å². The van der Waals surface area contributed by atoms with Crippen LogP contribution in [0.15, 0.2) is 24.3 Å². The lowest BCUT2D eigenvalue weighted by molar-refractivity contribution is 0.291. The van der Waals surface area contributed by atoms with E-state index in [4.69, 9.17) is 5.26 Å². The Kier molecular flexibility index (Phi) is 3.66. The number of benzene rings is 1. The highest BCUT2D eigenvalue weighted by molar-refractivity contribution is 7.88. The van der Waals surface area contributed by atoms with Crippen LogP contribution in [0.5, 0.6) is 0 Å². The van der Waals surface area contributed by atoms with Gasteiger partial charge < -0.3 is 0 Å². The first kappa shape index (κ1) is 14.0. The number of hydrogen-bond acceptors (Lipinski definition) is 3. The second-order valence-corrected chi connectivity index (χ2v) is 7.41. The van der Waals surface area contributed by atoms with E-state index in [-0.39, 0.29) is 11.3 Å². The summed E-state index contributed by atoms with van der Waals surface area (Å²) in [5.41, 5.74) is 0.691. The summed E-state index contributed by atoms with van der Waals surface area (Å²) in [5, 5.41) is 9.02. The monoisotopic (exact) mass is 278 g/mol. The third-order valence-corrected chi connectivity index (χ3v) is 5.66. The third kappa shape index (κ3) is 2.80. The average Bonchev–Trinajstić information content (AvgIpc) is 2.70. The van der Waals surface area contributed by atoms with Gasteiger partial charge in [-0.05, 0) is 38.3 Å². The summed E-state index contributed by atoms with van der Waals surface area (Å²) in [4.78, 5) is 0. The number of nitrogens with zero attached hydrogens (tertiary/aromatic N) is 2. The molecular weight excluding hydrogens is 260 g/mol. The first-order valence-electron chi connectivity index (χ1n) is 6.35. The average molecular weight is 278 g/mol. The van der Waals surface area contributed by atoms with E-state index in [9.17, 15) is 8.42 Å². The van der Waals surface area contributed by atoms with Crippen LogP contribution in [0, 0.1) is 11.3 Å². The van der Waals surface area contributed by atoms with Crippen molar-refractivity contribution < 1.29 is 8.42 Å². The largest absolute Gasteiger partial charge is 0.218 e. The Balaban J connectivity index is 2.30. The van der Waals surface area contributed by atoms with Gasteiger partial charge in [0.25, 0.3) is 0 Å². The molecule has 1 fully saturated rings. The van der Waals surface area contributed by atoms with E-state index in [1.54, 1.807) is 28.6 Å². The van der Waals surface area contributed by atoms with Crippen LogP contribution in [0.25, 0.3) is 0 Å². The Hall–Kier alpha value is -1.38. The Bertz CT molecular complexity index is 615. The molecule has 1 aliphatic heterocycles. The summed E-state index contributed by atoms with van der Waals surface area (Å²) >= 11 is 0. The molecule has 0 aromatic heterocycles. The molecule has 1 heterocycles. The third-order valence-electron chi connectivity index (χ3n) is 3.64. The summed E-state index contributed by atoms with van der Waals surface area (Å²) in [6.45, 7) is 4.48. The van der Waals surface area contributed by atoms with Gasteiger partial charge in [-0.3, -0.25) is 0 Å². The van der Waals surface area contributed by atoms with Crippen LogP contribution in [-0.4, -0.2) is 24.8 Å². The first-order valence-corrected chi connectivity index (χ1v) is 7.96. The topological polar surface area (TPSA) is 61.2 Å².